The summed E-state index contributed by atoms with van der Waals surface area (Å²) in [4.78, 5) is 37.2. The van der Waals surface area contributed by atoms with Crippen LogP contribution < -0.4 is 0 Å². The van der Waals surface area contributed by atoms with Crippen molar-refractivity contribution in [2.75, 3.05) is 13.2 Å². The van der Waals surface area contributed by atoms with E-state index in [0.717, 1.165) is 57.8 Å². The lowest BCUT2D eigenvalue weighted by atomic mass is 10.0. The monoisotopic (exact) mass is 723 g/mol. The second-order valence-electron chi connectivity index (χ2n) is 15.3. The Balaban J connectivity index is 3.97. The number of hydrogen-bond acceptors (Lipinski definition) is 6. The van der Waals surface area contributed by atoms with Gasteiger partial charge in [-0.25, -0.2) is 0 Å². The Morgan fingerprint density at radius 3 is 0.784 bits per heavy atom. The molecule has 0 amide bonds. The van der Waals surface area contributed by atoms with E-state index in [0.29, 0.717) is 19.3 Å². The van der Waals surface area contributed by atoms with Crippen LogP contribution in [0.25, 0.3) is 0 Å². The molecule has 302 valence electrons. The average Bonchev–Trinajstić information content (AvgIpc) is 3.13. The molecule has 0 fully saturated rings. The fraction of sp³-hybridized carbons (Fsp3) is 0.933. The molecule has 0 saturated heterocycles. The molecule has 0 aliphatic heterocycles. The molecule has 0 radical (unpaired) electrons. The fourth-order valence-electron chi connectivity index (χ4n) is 6.68. The minimum Gasteiger partial charge on any atom is -0.462 e. The van der Waals surface area contributed by atoms with Gasteiger partial charge in [0.15, 0.2) is 6.10 Å². The number of carbonyl (C=O) groups is 3. The molecule has 0 aliphatic rings. The van der Waals surface area contributed by atoms with Gasteiger partial charge in [0.05, 0.1) is 0 Å². The molecule has 6 nitrogen and oxygen atoms in total. The van der Waals surface area contributed by atoms with Crippen molar-refractivity contribution in [3.63, 3.8) is 0 Å². The van der Waals surface area contributed by atoms with Gasteiger partial charge < -0.3 is 14.2 Å². The zero-order chi connectivity index (χ0) is 37.3. The van der Waals surface area contributed by atoms with Gasteiger partial charge in [-0.2, -0.15) is 0 Å². The summed E-state index contributed by atoms with van der Waals surface area (Å²) >= 11 is 0. The van der Waals surface area contributed by atoms with Crippen molar-refractivity contribution in [1.29, 1.82) is 0 Å². The maximum Gasteiger partial charge on any atom is 0.306 e. The van der Waals surface area contributed by atoms with Crippen molar-refractivity contribution in [1.82, 2.24) is 0 Å². The Labute approximate surface area is 317 Å². The summed E-state index contributed by atoms with van der Waals surface area (Å²) in [5.74, 6) is -0.876. The predicted molar refractivity (Wildman–Crippen MR) is 215 cm³/mol. The highest BCUT2D eigenvalue weighted by Crippen LogP contribution is 2.16. The Hall–Kier alpha value is -1.59. The molecular weight excluding hydrogens is 636 g/mol. The molecule has 0 saturated carbocycles. The predicted octanol–water partition coefficient (Wildman–Crippen LogP) is 14.1. The van der Waals surface area contributed by atoms with Gasteiger partial charge in [0.2, 0.25) is 0 Å². The summed E-state index contributed by atoms with van der Waals surface area (Å²) in [6, 6.07) is 0. The van der Waals surface area contributed by atoms with Crippen LogP contribution in [0, 0.1) is 0 Å². The van der Waals surface area contributed by atoms with Gasteiger partial charge in [-0.3, -0.25) is 14.4 Å². The second kappa shape index (κ2) is 41.2. The molecule has 0 aromatic rings. The average molecular weight is 723 g/mol. The molecule has 1 atom stereocenters. The third kappa shape index (κ3) is 39.5. The molecule has 6 heteroatoms. The molecule has 0 rings (SSSR count). The van der Waals surface area contributed by atoms with Gasteiger partial charge in [-0.15, -0.1) is 0 Å². The Morgan fingerprint density at radius 1 is 0.314 bits per heavy atom. The fourth-order valence-corrected chi connectivity index (χ4v) is 6.68. The van der Waals surface area contributed by atoms with E-state index in [1.165, 1.54) is 154 Å². The second-order valence-corrected chi connectivity index (χ2v) is 15.3. The van der Waals surface area contributed by atoms with Gasteiger partial charge >= 0.3 is 17.9 Å². The normalized spacial score (nSPS) is 11.8. The summed E-state index contributed by atoms with van der Waals surface area (Å²) in [6.45, 7) is 6.53. The van der Waals surface area contributed by atoms with Gasteiger partial charge in [-0.1, -0.05) is 213 Å². The van der Waals surface area contributed by atoms with E-state index in [1.807, 2.05) is 0 Å². The van der Waals surface area contributed by atoms with Crippen LogP contribution in [-0.4, -0.2) is 37.2 Å². The van der Waals surface area contributed by atoms with Crippen molar-refractivity contribution in [3.05, 3.63) is 0 Å². The van der Waals surface area contributed by atoms with Gasteiger partial charge in [0.1, 0.15) is 13.2 Å². The molecule has 0 aromatic carbocycles. The highest BCUT2D eigenvalue weighted by Gasteiger charge is 2.19. The Morgan fingerprint density at radius 2 is 0.529 bits per heavy atom. The molecule has 0 aromatic heterocycles. The van der Waals surface area contributed by atoms with Crippen molar-refractivity contribution < 1.29 is 28.6 Å². The lowest BCUT2D eigenvalue weighted by Gasteiger charge is -2.18. The molecule has 1 unspecified atom stereocenters. The summed E-state index contributed by atoms with van der Waals surface area (Å²) in [5, 5.41) is 0. The molecule has 0 aliphatic carbocycles. The van der Waals surface area contributed by atoms with Crippen LogP contribution in [0.1, 0.15) is 252 Å². The first-order valence-electron chi connectivity index (χ1n) is 22.5. The number of rotatable bonds is 41. The number of esters is 3. The van der Waals surface area contributed by atoms with E-state index >= 15 is 0 Å². The van der Waals surface area contributed by atoms with Crippen LogP contribution in [0.2, 0.25) is 0 Å². The van der Waals surface area contributed by atoms with Crippen LogP contribution in [0.5, 0.6) is 0 Å². The quantitative estimate of drug-likeness (QED) is 0.0355. The standard InChI is InChI=1S/C45H86O6/c1-4-7-10-13-16-17-18-19-20-21-22-23-24-25-26-27-28-29-30-33-35-38-44(47)50-41-42(51-45(48)39-36-32-15-12-9-6-3)40-49-43(46)37-34-31-14-11-8-5-2/h42H,4-41H2,1-3H3. The molecule has 0 heterocycles. The van der Waals surface area contributed by atoms with Crippen molar-refractivity contribution in [2.45, 2.75) is 258 Å². The summed E-state index contributed by atoms with van der Waals surface area (Å²) < 4.78 is 16.5. The van der Waals surface area contributed by atoms with Gasteiger partial charge in [0.25, 0.3) is 0 Å². The highest BCUT2D eigenvalue weighted by atomic mass is 16.6. The van der Waals surface area contributed by atoms with E-state index in [2.05, 4.69) is 20.8 Å². The van der Waals surface area contributed by atoms with Crippen LogP contribution in [0.15, 0.2) is 0 Å². The minimum absolute atomic E-state index is 0.0649. The maximum atomic E-state index is 12.5. The van der Waals surface area contributed by atoms with E-state index in [-0.39, 0.29) is 31.1 Å². The van der Waals surface area contributed by atoms with Crippen LogP contribution in [0.4, 0.5) is 0 Å². The van der Waals surface area contributed by atoms with Crippen molar-refractivity contribution in [2.24, 2.45) is 0 Å². The largest absolute Gasteiger partial charge is 0.462 e. The molecule has 51 heavy (non-hydrogen) atoms. The molecular formula is C45H86O6. The summed E-state index contributed by atoms with van der Waals surface area (Å²) in [5.41, 5.74) is 0. The number of carbonyl (C=O) groups excluding carboxylic acids is 3. The smallest absolute Gasteiger partial charge is 0.306 e. The van der Waals surface area contributed by atoms with E-state index in [9.17, 15) is 14.4 Å². The van der Waals surface area contributed by atoms with Crippen LogP contribution in [-0.2, 0) is 28.6 Å². The van der Waals surface area contributed by atoms with Crippen LogP contribution in [0.3, 0.4) is 0 Å². The SMILES string of the molecule is CCCCCCCCCCCCCCCCCCCCCCCC(=O)OCC(COC(=O)CCCCCCCC)OC(=O)CCCCCCCC. The zero-order valence-corrected chi connectivity index (χ0v) is 34.4. The summed E-state index contributed by atoms with van der Waals surface area (Å²) in [7, 11) is 0. The maximum absolute atomic E-state index is 12.5. The first-order valence-corrected chi connectivity index (χ1v) is 22.5. The topological polar surface area (TPSA) is 78.9 Å². The zero-order valence-electron chi connectivity index (χ0n) is 34.4. The summed E-state index contributed by atoms with van der Waals surface area (Å²) in [6.07, 6.45) is 41.4. The Bertz CT molecular complexity index is 753. The third-order valence-electron chi connectivity index (χ3n) is 10.1. The first-order chi connectivity index (χ1) is 25.0. The minimum atomic E-state index is -0.755. The van der Waals surface area contributed by atoms with Crippen molar-refractivity contribution in [3.8, 4) is 0 Å². The van der Waals surface area contributed by atoms with Gasteiger partial charge in [-0.05, 0) is 19.3 Å². The first kappa shape index (κ1) is 49.4. The van der Waals surface area contributed by atoms with Crippen molar-refractivity contribution >= 4 is 17.9 Å². The molecule has 0 N–H and O–H groups in total. The van der Waals surface area contributed by atoms with Crippen LogP contribution >= 0.6 is 0 Å². The Kier molecular flexibility index (Phi) is 39.9. The number of ether oxygens (including phenoxy) is 3. The van der Waals surface area contributed by atoms with E-state index in [4.69, 9.17) is 14.2 Å². The third-order valence-corrected chi connectivity index (χ3v) is 10.1. The van der Waals surface area contributed by atoms with Gasteiger partial charge in [0, 0.05) is 19.3 Å². The van der Waals surface area contributed by atoms with E-state index in [1.54, 1.807) is 0 Å². The molecule has 0 bridgehead atoms. The lowest BCUT2D eigenvalue weighted by molar-refractivity contribution is -0.167. The van der Waals surface area contributed by atoms with E-state index < -0.39 is 6.10 Å². The number of hydrogen-bond donors (Lipinski definition) is 0. The number of unbranched alkanes of at least 4 members (excludes halogenated alkanes) is 30. The highest BCUT2D eigenvalue weighted by molar-refractivity contribution is 5.71. The lowest BCUT2D eigenvalue weighted by Crippen LogP contribution is -2.30. The molecule has 0 spiro atoms.